The fourth-order valence-electron chi connectivity index (χ4n) is 1.67. The van der Waals surface area contributed by atoms with Gasteiger partial charge in [-0.15, -0.1) is 6.42 Å². The van der Waals surface area contributed by atoms with Crippen LogP contribution in [0.4, 0.5) is 0 Å². The van der Waals surface area contributed by atoms with Gasteiger partial charge in [-0.2, -0.15) is 0 Å². The molecule has 0 atom stereocenters. The second-order valence-corrected chi connectivity index (χ2v) is 6.14. The number of benzene rings is 1. The minimum atomic E-state index is -0.272. The van der Waals surface area contributed by atoms with E-state index in [2.05, 4.69) is 33.8 Å². The summed E-state index contributed by atoms with van der Waals surface area (Å²) in [5.74, 6) is 3.26. The standard InChI is InChI=1S/C14H11IN2O3S/c1-3-4-20-12-9(15)5-8(6-10(12)19-2)7-11-13(18)17-14(16)21-11/h1,5-7H,4H2,2H3,(H2,16,17,18). The fourth-order valence-corrected chi connectivity index (χ4v) is 3.15. The van der Waals surface area contributed by atoms with Gasteiger partial charge in [0.2, 0.25) is 0 Å². The van der Waals surface area contributed by atoms with Crippen LogP contribution in [0.25, 0.3) is 6.08 Å². The monoisotopic (exact) mass is 414 g/mol. The van der Waals surface area contributed by atoms with E-state index in [1.165, 1.54) is 7.11 Å². The Morgan fingerprint density at radius 2 is 2.33 bits per heavy atom. The van der Waals surface area contributed by atoms with E-state index in [9.17, 15) is 4.79 Å². The number of amides is 1. The predicted molar refractivity (Wildman–Crippen MR) is 91.5 cm³/mol. The van der Waals surface area contributed by atoms with Gasteiger partial charge in [0.15, 0.2) is 16.7 Å². The summed E-state index contributed by atoms with van der Waals surface area (Å²) in [7, 11) is 1.54. The summed E-state index contributed by atoms with van der Waals surface area (Å²) in [5.41, 5.74) is 0.789. The highest BCUT2D eigenvalue weighted by Gasteiger charge is 2.22. The maximum atomic E-state index is 11.6. The van der Waals surface area contributed by atoms with Crippen molar-refractivity contribution in [1.82, 2.24) is 5.32 Å². The zero-order valence-corrected chi connectivity index (χ0v) is 14.0. The first-order chi connectivity index (χ1) is 10.0. The molecule has 1 aliphatic heterocycles. The van der Waals surface area contributed by atoms with Crippen molar-refractivity contribution in [3.8, 4) is 23.8 Å². The number of thioether (sulfide) groups is 1. The number of carbonyl (C=O) groups excluding carboxylic acids is 1. The first kappa shape index (κ1) is 15.7. The first-order valence-electron chi connectivity index (χ1n) is 5.78. The number of hydrogen-bond acceptors (Lipinski definition) is 5. The lowest BCUT2D eigenvalue weighted by molar-refractivity contribution is -0.115. The predicted octanol–water partition coefficient (Wildman–Crippen LogP) is 2.45. The largest absolute Gasteiger partial charge is 0.493 e. The van der Waals surface area contributed by atoms with Crippen LogP contribution in [0.3, 0.4) is 0 Å². The van der Waals surface area contributed by atoms with Gasteiger partial charge in [0, 0.05) is 0 Å². The molecular weight excluding hydrogens is 403 g/mol. The second-order valence-electron chi connectivity index (χ2n) is 3.92. The van der Waals surface area contributed by atoms with Gasteiger partial charge in [0.05, 0.1) is 15.6 Å². The Balaban J connectivity index is 2.37. The number of terminal acetylenes is 1. The van der Waals surface area contributed by atoms with E-state index in [1.54, 1.807) is 12.1 Å². The molecule has 0 radical (unpaired) electrons. The summed E-state index contributed by atoms with van der Waals surface area (Å²) in [4.78, 5) is 12.1. The molecule has 0 spiro atoms. The maximum absolute atomic E-state index is 11.6. The molecule has 5 nitrogen and oxygen atoms in total. The molecule has 1 heterocycles. The number of nitrogens with one attached hydrogen (secondary N) is 2. The van der Waals surface area contributed by atoms with Crippen molar-refractivity contribution in [3.63, 3.8) is 0 Å². The van der Waals surface area contributed by atoms with Crippen LogP contribution in [-0.2, 0) is 4.79 Å². The highest BCUT2D eigenvalue weighted by molar-refractivity contribution is 14.1. The third kappa shape index (κ3) is 3.71. The minimum absolute atomic E-state index is 0.127. The Morgan fingerprint density at radius 3 is 2.90 bits per heavy atom. The van der Waals surface area contributed by atoms with Crippen LogP contribution in [0.5, 0.6) is 11.5 Å². The molecule has 7 heteroatoms. The molecule has 1 aromatic rings. The number of halogens is 1. The molecule has 1 aromatic carbocycles. The van der Waals surface area contributed by atoms with Gasteiger partial charge in [-0.25, -0.2) is 0 Å². The molecule has 2 rings (SSSR count). The third-order valence-electron chi connectivity index (χ3n) is 2.51. The third-order valence-corrected chi connectivity index (χ3v) is 4.14. The fraction of sp³-hybridized carbons (Fsp3) is 0.143. The van der Waals surface area contributed by atoms with E-state index in [0.29, 0.717) is 16.4 Å². The molecule has 1 aliphatic rings. The topological polar surface area (TPSA) is 71.4 Å². The first-order valence-corrected chi connectivity index (χ1v) is 7.68. The molecule has 1 amide bonds. The van der Waals surface area contributed by atoms with Crippen molar-refractivity contribution in [1.29, 1.82) is 5.41 Å². The lowest BCUT2D eigenvalue weighted by atomic mass is 10.2. The number of ether oxygens (including phenoxy) is 2. The number of methoxy groups -OCH3 is 1. The molecule has 1 fully saturated rings. The summed E-state index contributed by atoms with van der Waals surface area (Å²) >= 11 is 3.21. The lowest BCUT2D eigenvalue weighted by Gasteiger charge is -2.12. The van der Waals surface area contributed by atoms with Crippen molar-refractivity contribution in [2.75, 3.05) is 13.7 Å². The average Bonchev–Trinajstić information content (AvgIpc) is 2.75. The summed E-state index contributed by atoms with van der Waals surface area (Å²) in [6.07, 6.45) is 6.90. The number of amidine groups is 1. The summed E-state index contributed by atoms with van der Waals surface area (Å²) in [6.45, 7) is 0.155. The van der Waals surface area contributed by atoms with E-state index in [0.717, 1.165) is 20.9 Å². The van der Waals surface area contributed by atoms with E-state index in [4.69, 9.17) is 21.3 Å². The molecule has 0 saturated carbocycles. The Bertz CT molecular complexity index is 680. The van der Waals surface area contributed by atoms with Gasteiger partial charge < -0.3 is 14.8 Å². The van der Waals surface area contributed by atoms with Crippen LogP contribution in [0.15, 0.2) is 17.0 Å². The van der Waals surface area contributed by atoms with Gasteiger partial charge in [-0.1, -0.05) is 5.92 Å². The molecular formula is C14H11IN2O3S. The van der Waals surface area contributed by atoms with Crippen LogP contribution in [0.2, 0.25) is 0 Å². The van der Waals surface area contributed by atoms with Crippen LogP contribution < -0.4 is 14.8 Å². The van der Waals surface area contributed by atoms with E-state index in [-0.39, 0.29) is 17.7 Å². The van der Waals surface area contributed by atoms with Gasteiger partial charge in [0.25, 0.3) is 5.91 Å². The quantitative estimate of drug-likeness (QED) is 0.451. The van der Waals surface area contributed by atoms with E-state index >= 15 is 0 Å². The second kappa shape index (κ2) is 6.87. The van der Waals surface area contributed by atoms with Gasteiger partial charge >= 0.3 is 0 Å². The van der Waals surface area contributed by atoms with Crippen molar-refractivity contribution < 1.29 is 14.3 Å². The smallest absolute Gasteiger partial charge is 0.264 e. The molecule has 0 bridgehead atoms. The molecule has 0 unspecified atom stereocenters. The highest BCUT2D eigenvalue weighted by Crippen LogP contribution is 2.35. The number of carbonyl (C=O) groups is 1. The molecule has 21 heavy (non-hydrogen) atoms. The van der Waals surface area contributed by atoms with E-state index in [1.807, 2.05) is 6.07 Å². The molecule has 108 valence electrons. The van der Waals surface area contributed by atoms with Crippen LogP contribution in [0, 0.1) is 21.3 Å². The van der Waals surface area contributed by atoms with Crippen molar-refractivity contribution in [3.05, 3.63) is 26.2 Å². The molecule has 0 aromatic heterocycles. The number of hydrogen-bond donors (Lipinski definition) is 2. The van der Waals surface area contributed by atoms with Crippen LogP contribution >= 0.6 is 34.4 Å². The zero-order chi connectivity index (χ0) is 15.4. The highest BCUT2D eigenvalue weighted by atomic mass is 127. The summed E-state index contributed by atoms with van der Waals surface area (Å²) < 4.78 is 11.6. The van der Waals surface area contributed by atoms with Crippen molar-refractivity contribution in [2.45, 2.75) is 0 Å². The van der Waals surface area contributed by atoms with Crippen LogP contribution in [-0.4, -0.2) is 24.8 Å². The van der Waals surface area contributed by atoms with Crippen LogP contribution in [0.1, 0.15) is 5.56 Å². The van der Waals surface area contributed by atoms with E-state index < -0.39 is 0 Å². The SMILES string of the molecule is C#CCOc1c(I)cc(C=C2SC(=N)NC2=O)cc1OC. The van der Waals surface area contributed by atoms with Crippen molar-refractivity contribution >= 4 is 51.5 Å². The lowest BCUT2D eigenvalue weighted by Crippen LogP contribution is -2.18. The number of rotatable bonds is 4. The Kier molecular flexibility index (Phi) is 5.14. The minimum Gasteiger partial charge on any atom is -0.493 e. The zero-order valence-electron chi connectivity index (χ0n) is 11.0. The normalized spacial score (nSPS) is 15.8. The molecule has 1 saturated heterocycles. The average molecular weight is 414 g/mol. The molecule has 0 aliphatic carbocycles. The maximum Gasteiger partial charge on any atom is 0.264 e. The summed E-state index contributed by atoms with van der Waals surface area (Å²) in [5, 5.41) is 9.99. The van der Waals surface area contributed by atoms with Gasteiger partial charge in [0.1, 0.15) is 6.61 Å². The Morgan fingerprint density at radius 1 is 1.57 bits per heavy atom. The van der Waals surface area contributed by atoms with Gasteiger partial charge in [-0.3, -0.25) is 10.2 Å². The van der Waals surface area contributed by atoms with Gasteiger partial charge in [-0.05, 0) is 58.1 Å². The summed E-state index contributed by atoms with van der Waals surface area (Å²) in [6, 6.07) is 3.62. The van der Waals surface area contributed by atoms with Crippen molar-refractivity contribution in [2.24, 2.45) is 0 Å². The molecule has 2 N–H and O–H groups in total. The Labute approximate surface area is 140 Å². The Hall–Kier alpha value is -1.66.